The molecule has 112 valence electrons. The summed E-state index contributed by atoms with van der Waals surface area (Å²) in [5, 5.41) is 3.67. The van der Waals surface area contributed by atoms with Crippen LogP contribution in [0.4, 0.5) is 0 Å². The number of rotatable bonds is 7. The van der Waals surface area contributed by atoms with E-state index in [1.165, 1.54) is 43.2 Å². The summed E-state index contributed by atoms with van der Waals surface area (Å²) in [7, 11) is 0. The first-order valence-corrected chi connectivity index (χ1v) is 8.14. The van der Waals surface area contributed by atoms with Crippen LogP contribution in [0, 0.1) is 12.8 Å². The Labute approximate surface area is 123 Å². The van der Waals surface area contributed by atoms with Crippen molar-refractivity contribution in [3.8, 4) is 0 Å². The molecule has 1 atom stereocenters. The average Bonchev–Trinajstić information content (AvgIpc) is 2.48. The van der Waals surface area contributed by atoms with Crippen LogP contribution < -0.4 is 5.32 Å². The molecule has 0 aromatic heterocycles. The van der Waals surface area contributed by atoms with Crippen LogP contribution in [0.25, 0.3) is 0 Å². The summed E-state index contributed by atoms with van der Waals surface area (Å²) in [5.74, 6) is 0.853. The van der Waals surface area contributed by atoms with Crippen molar-refractivity contribution in [2.45, 2.75) is 52.0 Å². The van der Waals surface area contributed by atoms with Crippen LogP contribution in [-0.2, 0) is 11.2 Å². The molecule has 1 heterocycles. The van der Waals surface area contributed by atoms with Crippen LogP contribution in [-0.4, -0.2) is 25.8 Å². The molecule has 1 aromatic carbocycles. The van der Waals surface area contributed by atoms with E-state index < -0.39 is 0 Å². The number of benzene rings is 1. The molecule has 1 fully saturated rings. The maximum atomic E-state index is 5.46. The van der Waals surface area contributed by atoms with E-state index >= 15 is 0 Å². The monoisotopic (exact) mass is 275 g/mol. The first kappa shape index (κ1) is 15.5. The van der Waals surface area contributed by atoms with Gasteiger partial charge in [0.15, 0.2) is 0 Å². The zero-order chi connectivity index (χ0) is 14.2. The van der Waals surface area contributed by atoms with Gasteiger partial charge in [0.25, 0.3) is 0 Å². The van der Waals surface area contributed by atoms with Crippen molar-refractivity contribution < 1.29 is 4.74 Å². The molecule has 0 amide bonds. The van der Waals surface area contributed by atoms with E-state index in [1.807, 2.05) is 0 Å². The first-order valence-electron chi connectivity index (χ1n) is 8.14. The molecule has 1 aliphatic heterocycles. The van der Waals surface area contributed by atoms with Crippen molar-refractivity contribution in [2.24, 2.45) is 5.92 Å². The van der Waals surface area contributed by atoms with Crippen LogP contribution in [0.3, 0.4) is 0 Å². The van der Waals surface area contributed by atoms with Gasteiger partial charge in [-0.05, 0) is 57.1 Å². The van der Waals surface area contributed by atoms with Crippen molar-refractivity contribution >= 4 is 0 Å². The molecule has 0 bridgehead atoms. The Morgan fingerprint density at radius 2 is 1.90 bits per heavy atom. The van der Waals surface area contributed by atoms with Gasteiger partial charge in [0.2, 0.25) is 0 Å². The highest BCUT2D eigenvalue weighted by Crippen LogP contribution is 2.22. The summed E-state index contributed by atoms with van der Waals surface area (Å²) in [4.78, 5) is 0. The number of ether oxygens (including phenoxy) is 1. The molecule has 1 aliphatic rings. The van der Waals surface area contributed by atoms with Gasteiger partial charge in [-0.25, -0.2) is 0 Å². The quantitative estimate of drug-likeness (QED) is 0.819. The predicted molar refractivity (Wildman–Crippen MR) is 85.1 cm³/mol. The fourth-order valence-corrected chi connectivity index (χ4v) is 3.07. The summed E-state index contributed by atoms with van der Waals surface area (Å²) in [6, 6.07) is 9.63. The van der Waals surface area contributed by atoms with Crippen molar-refractivity contribution in [3.63, 3.8) is 0 Å². The minimum Gasteiger partial charge on any atom is -0.381 e. The van der Waals surface area contributed by atoms with Crippen LogP contribution in [0.1, 0.15) is 43.7 Å². The molecule has 1 N–H and O–H groups in total. The molecule has 0 saturated carbocycles. The van der Waals surface area contributed by atoms with E-state index in [4.69, 9.17) is 4.74 Å². The number of hydrogen-bond donors (Lipinski definition) is 1. The van der Waals surface area contributed by atoms with Gasteiger partial charge >= 0.3 is 0 Å². The highest BCUT2D eigenvalue weighted by molar-refractivity contribution is 5.21. The molecule has 0 radical (unpaired) electrons. The van der Waals surface area contributed by atoms with Gasteiger partial charge < -0.3 is 10.1 Å². The van der Waals surface area contributed by atoms with Gasteiger partial charge in [0.05, 0.1) is 0 Å². The Hall–Kier alpha value is -0.860. The lowest BCUT2D eigenvalue weighted by Crippen LogP contribution is -2.33. The second-order valence-corrected chi connectivity index (χ2v) is 6.07. The summed E-state index contributed by atoms with van der Waals surface area (Å²) in [5.41, 5.74) is 2.81. The largest absolute Gasteiger partial charge is 0.381 e. The fourth-order valence-electron chi connectivity index (χ4n) is 3.07. The number of hydrogen-bond acceptors (Lipinski definition) is 2. The maximum Gasteiger partial charge on any atom is 0.0468 e. The lowest BCUT2D eigenvalue weighted by atomic mass is 9.90. The molecule has 1 aromatic rings. The zero-order valence-electron chi connectivity index (χ0n) is 13.0. The van der Waals surface area contributed by atoms with E-state index in [1.54, 1.807) is 0 Å². The highest BCUT2D eigenvalue weighted by Gasteiger charge is 2.18. The van der Waals surface area contributed by atoms with Crippen molar-refractivity contribution in [2.75, 3.05) is 19.8 Å². The fraction of sp³-hybridized carbons (Fsp3) is 0.667. The van der Waals surface area contributed by atoms with Crippen molar-refractivity contribution in [3.05, 3.63) is 35.4 Å². The van der Waals surface area contributed by atoms with Gasteiger partial charge in [0, 0.05) is 19.3 Å². The first-order chi connectivity index (χ1) is 9.78. The Balaban J connectivity index is 1.80. The van der Waals surface area contributed by atoms with E-state index in [0.29, 0.717) is 6.04 Å². The summed E-state index contributed by atoms with van der Waals surface area (Å²) in [6.07, 6.45) is 6.22. The van der Waals surface area contributed by atoms with Gasteiger partial charge in [0.1, 0.15) is 0 Å². The van der Waals surface area contributed by atoms with Crippen molar-refractivity contribution in [1.29, 1.82) is 0 Å². The Morgan fingerprint density at radius 1 is 1.20 bits per heavy atom. The lowest BCUT2D eigenvalue weighted by Gasteiger charge is -2.27. The highest BCUT2D eigenvalue weighted by atomic mass is 16.5. The summed E-state index contributed by atoms with van der Waals surface area (Å²) >= 11 is 0. The van der Waals surface area contributed by atoms with Gasteiger partial charge in [-0.2, -0.15) is 0 Å². The van der Waals surface area contributed by atoms with E-state index in [9.17, 15) is 0 Å². The molecule has 0 spiro atoms. The average molecular weight is 275 g/mol. The third-order valence-corrected chi connectivity index (χ3v) is 4.35. The Bertz CT molecular complexity index is 368. The van der Waals surface area contributed by atoms with E-state index in [0.717, 1.165) is 25.7 Å². The number of nitrogens with one attached hydrogen (secondary N) is 1. The molecule has 2 heteroatoms. The molecule has 20 heavy (non-hydrogen) atoms. The van der Waals surface area contributed by atoms with Gasteiger partial charge in [-0.3, -0.25) is 0 Å². The van der Waals surface area contributed by atoms with Gasteiger partial charge in [-0.1, -0.05) is 36.8 Å². The Kier molecular flexibility index (Phi) is 6.55. The standard InChI is InChI=1S/C18H29NO/c1-3-19-18(14-17-10-12-20-13-11-17)9-8-16-6-4-15(2)5-7-16/h4-7,17-19H,3,8-14H2,1-2H3. The van der Waals surface area contributed by atoms with Crippen molar-refractivity contribution in [1.82, 2.24) is 5.32 Å². The smallest absolute Gasteiger partial charge is 0.0468 e. The SMILES string of the molecule is CCNC(CCc1ccc(C)cc1)CC1CCOCC1. The third-order valence-electron chi connectivity index (χ3n) is 4.35. The molecule has 2 rings (SSSR count). The molecular formula is C18H29NO. The Morgan fingerprint density at radius 3 is 2.55 bits per heavy atom. The molecule has 2 nitrogen and oxygen atoms in total. The van der Waals surface area contributed by atoms with Gasteiger partial charge in [-0.15, -0.1) is 0 Å². The van der Waals surface area contributed by atoms with E-state index in [2.05, 4.69) is 43.4 Å². The zero-order valence-corrected chi connectivity index (χ0v) is 13.0. The van der Waals surface area contributed by atoms with E-state index in [-0.39, 0.29) is 0 Å². The minimum atomic E-state index is 0.657. The predicted octanol–water partition coefficient (Wildman–Crippen LogP) is 3.72. The summed E-state index contributed by atoms with van der Waals surface area (Å²) in [6.45, 7) is 7.35. The third kappa shape index (κ3) is 5.26. The molecular weight excluding hydrogens is 246 g/mol. The second-order valence-electron chi connectivity index (χ2n) is 6.07. The molecule has 0 aliphatic carbocycles. The van der Waals surface area contributed by atoms with Crippen LogP contribution >= 0.6 is 0 Å². The normalized spacial score (nSPS) is 18.1. The minimum absolute atomic E-state index is 0.657. The van der Waals surface area contributed by atoms with Crippen LogP contribution in [0.2, 0.25) is 0 Å². The second kappa shape index (κ2) is 8.43. The molecule has 1 saturated heterocycles. The summed E-state index contributed by atoms with van der Waals surface area (Å²) < 4.78 is 5.46. The number of aryl methyl sites for hydroxylation is 2. The van der Waals surface area contributed by atoms with Crippen LogP contribution in [0.5, 0.6) is 0 Å². The van der Waals surface area contributed by atoms with Crippen LogP contribution in [0.15, 0.2) is 24.3 Å². The molecule has 1 unspecified atom stereocenters. The topological polar surface area (TPSA) is 21.3 Å². The maximum absolute atomic E-state index is 5.46. The lowest BCUT2D eigenvalue weighted by molar-refractivity contribution is 0.0603.